The van der Waals surface area contributed by atoms with Crippen molar-refractivity contribution < 1.29 is 19.5 Å². The predicted octanol–water partition coefficient (Wildman–Crippen LogP) is 2.84. The number of aliphatic hydroxyl groups is 1. The third-order valence-corrected chi connectivity index (χ3v) is 10.2. The van der Waals surface area contributed by atoms with Crippen molar-refractivity contribution in [3.05, 3.63) is 66.8 Å². The first-order valence-electron chi connectivity index (χ1n) is 12.8. The van der Waals surface area contributed by atoms with Crippen molar-refractivity contribution in [1.29, 1.82) is 0 Å². The molecule has 8 heteroatoms. The molecular formula is C29H31N3O4S. The maximum absolute atomic E-state index is 14.4. The largest absolute Gasteiger partial charge is 0.396 e. The number of nitrogens with zero attached hydrogens (tertiary/aromatic N) is 3. The van der Waals surface area contributed by atoms with Gasteiger partial charge in [0.15, 0.2) is 0 Å². The fraction of sp³-hybridized carbons (Fsp3) is 0.414. The number of rotatable bonds is 4. The number of carbonyl (C=O) groups is 3. The first-order chi connectivity index (χ1) is 17.8. The van der Waals surface area contributed by atoms with E-state index in [0.717, 1.165) is 16.5 Å². The highest BCUT2D eigenvalue weighted by Gasteiger charge is 2.73. The van der Waals surface area contributed by atoms with Gasteiger partial charge in [0.05, 0.1) is 16.6 Å². The normalized spacial score (nSPS) is 33.0. The van der Waals surface area contributed by atoms with Crippen LogP contribution in [-0.2, 0) is 14.4 Å². The molecule has 2 aromatic rings. The van der Waals surface area contributed by atoms with Crippen LogP contribution in [0.4, 0.5) is 5.69 Å². The number of carbonyl (C=O) groups excluding carboxylic acids is 3. The van der Waals surface area contributed by atoms with E-state index in [1.165, 1.54) is 0 Å². The molecule has 0 aromatic heterocycles. The molecule has 0 bridgehead atoms. The van der Waals surface area contributed by atoms with E-state index in [9.17, 15) is 19.5 Å². The first kappa shape index (κ1) is 24.2. The van der Waals surface area contributed by atoms with Crippen LogP contribution in [0.25, 0.3) is 10.8 Å². The van der Waals surface area contributed by atoms with Gasteiger partial charge in [0.25, 0.3) is 5.91 Å². The average molecular weight is 518 g/mol. The maximum Gasteiger partial charge on any atom is 0.251 e. The quantitative estimate of drug-likeness (QED) is 0.631. The van der Waals surface area contributed by atoms with Crippen LogP contribution in [0.2, 0.25) is 0 Å². The summed E-state index contributed by atoms with van der Waals surface area (Å²) in [5, 5.41) is 11.7. The minimum absolute atomic E-state index is 0.0607. The molecule has 192 valence electrons. The molecule has 5 atom stereocenters. The minimum atomic E-state index is -0.868. The lowest BCUT2D eigenvalue weighted by molar-refractivity contribution is -0.143. The van der Waals surface area contributed by atoms with Crippen molar-refractivity contribution in [2.75, 3.05) is 38.2 Å². The lowest BCUT2D eigenvalue weighted by atomic mass is 9.74. The lowest BCUT2D eigenvalue weighted by Crippen LogP contribution is -2.53. The summed E-state index contributed by atoms with van der Waals surface area (Å²) in [6, 6.07) is 13.2. The van der Waals surface area contributed by atoms with Gasteiger partial charge in [0.1, 0.15) is 6.04 Å². The van der Waals surface area contributed by atoms with Crippen molar-refractivity contribution in [2.24, 2.45) is 11.8 Å². The van der Waals surface area contributed by atoms with Gasteiger partial charge in [-0.15, -0.1) is 11.8 Å². The second kappa shape index (κ2) is 8.74. The second-order valence-electron chi connectivity index (χ2n) is 10.6. The van der Waals surface area contributed by atoms with Gasteiger partial charge in [0.2, 0.25) is 11.8 Å². The molecule has 37 heavy (non-hydrogen) atoms. The Hall–Kier alpha value is -3.10. The molecule has 0 radical (unpaired) electrons. The molecule has 4 aliphatic heterocycles. The van der Waals surface area contributed by atoms with Gasteiger partial charge >= 0.3 is 0 Å². The molecular weight excluding hydrogens is 486 g/mol. The van der Waals surface area contributed by atoms with Crippen molar-refractivity contribution in [3.8, 4) is 0 Å². The van der Waals surface area contributed by atoms with Crippen LogP contribution in [0, 0.1) is 11.8 Å². The molecule has 4 heterocycles. The van der Waals surface area contributed by atoms with Gasteiger partial charge in [-0.2, -0.15) is 0 Å². The zero-order valence-electron chi connectivity index (χ0n) is 21.0. The summed E-state index contributed by atoms with van der Waals surface area (Å²) in [5.41, 5.74) is 0.780. The van der Waals surface area contributed by atoms with Crippen LogP contribution >= 0.6 is 11.8 Å². The van der Waals surface area contributed by atoms with E-state index in [4.69, 9.17) is 0 Å². The number of thioether (sulfide) groups is 1. The van der Waals surface area contributed by atoms with Gasteiger partial charge in [-0.05, 0) is 36.2 Å². The molecule has 2 aromatic carbocycles. The zero-order valence-corrected chi connectivity index (χ0v) is 21.9. The third kappa shape index (κ3) is 3.49. The van der Waals surface area contributed by atoms with Crippen LogP contribution < -0.4 is 4.90 Å². The van der Waals surface area contributed by atoms with Crippen LogP contribution in [0.3, 0.4) is 0 Å². The van der Waals surface area contributed by atoms with Gasteiger partial charge in [0, 0.05) is 43.7 Å². The molecule has 7 nitrogen and oxygen atoms in total. The molecule has 0 saturated carbocycles. The number of benzene rings is 2. The van der Waals surface area contributed by atoms with E-state index >= 15 is 0 Å². The number of fused-ring (bicyclic) bond motifs is 3. The number of likely N-dealkylation sites (N-methyl/N-ethyl adjacent to an activating group) is 1. The first-order valence-corrected chi connectivity index (χ1v) is 13.6. The van der Waals surface area contributed by atoms with Crippen LogP contribution in [-0.4, -0.2) is 81.5 Å². The SMILES string of the molecule is CN1CC=C[C@@]2(C)S[C@]34C=CCN(c5ccc6ccccc6c5)C(=O)C3N(CCCO)C(=O)[C@@H]4[C@H]2C1=O. The number of anilines is 1. The van der Waals surface area contributed by atoms with E-state index in [2.05, 4.69) is 6.08 Å². The van der Waals surface area contributed by atoms with E-state index in [0.29, 0.717) is 19.5 Å². The minimum Gasteiger partial charge on any atom is -0.396 e. The summed E-state index contributed by atoms with van der Waals surface area (Å²) in [7, 11) is 1.77. The van der Waals surface area contributed by atoms with Gasteiger partial charge in [-0.3, -0.25) is 14.4 Å². The molecule has 3 amide bonds. The van der Waals surface area contributed by atoms with E-state index in [1.54, 1.807) is 33.5 Å². The van der Waals surface area contributed by atoms with Crippen molar-refractivity contribution in [1.82, 2.24) is 9.80 Å². The third-order valence-electron chi connectivity index (χ3n) is 8.36. The topological polar surface area (TPSA) is 81.2 Å². The fourth-order valence-corrected chi connectivity index (χ4v) is 8.86. The molecule has 2 saturated heterocycles. The number of aliphatic hydroxyl groups excluding tert-OH is 1. The van der Waals surface area contributed by atoms with E-state index < -0.39 is 27.4 Å². The van der Waals surface area contributed by atoms with Gasteiger partial charge < -0.3 is 19.8 Å². The predicted molar refractivity (Wildman–Crippen MR) is 145 cm³/mol. The summed E-state index contributed by atoms with van der Waals surface area (Å²) in [5.74, 6) is -1.60. The lowest BCUT2D eigenvalue weighted by Gasteiger charge is -2.36. The second-order valence-corrected chi connectivity index (χ2v) is 12.4. The standard InChI is InChI=1S/C29H31N3O4S/c1-28-12-5-14-30(2)25(34)22(28)23-26(35)32(16-7-17-33)24-27(36)31(15-6-13-29(23,24)37-28)21-11-10-19-8-3-4-9-20(19)18-21/h3-6,8-13,18,22-24,33H,7,14-17H2,1-2H3/t22-,23-,24?,28+,29-/m0/s1. The van der Waals surface area contributed by atoms with E-state index in [-0.39, 0.29) is 30.9 Å². The molecule has 0 aliphatic carbocycles. The Morgan fingerprint density at radius 1 is 0.946 bits per heavy atom. The Morgan fingerprint density at radius 2 is 1.70 bits per heavy atom. The van der Waals surface area contributed by atoms with Crippen LogP contribution in [0.15, 0.2) is 66.8 Å². The number of hydrogen-bond donors (Lipinski definition) is 1. The summed E-state index contributed by atoms with van der Waals surface area (Å²) < 4.78 is -1.47. The number of amides is 3. The fourth-order valence-electron chi connectivity index (χ4n) is 6.70. The molecule has 1 spiro atoms. The smallest absolute Gasteiger partial charge is 0.251 e. The summed E-state index contributed by atoms with van der Waals surface area (Å²) in [6.07, 6.45) is 8.45. The number of hydrogen-bond acceptors (Lipinski definition) is 5. The van der Waals surface area contributed by atoms with Crippen LogP contribution in [0.1, 0.15) is 13.3 Å². The van der Waals surface area contributed by atoms with Crippen molar-refractivity contribution in [3.63, 3.8) is 0 Å². The molecule has 4 aliphatic rings. The molecule has 1 N–H and O–H groups in total. The Kier molecular flexibility index (Phi) is 5.73. The number of likely N-dealkylation sites (tertiary alicyclic amines) is 1. The monoisotopic (exact) mass is 517 g/mol. The Morgan fingerprint density at radius 3 is 2.49 bits per heavy atom. The summed E-state index contributed by atoms with van der Waals surface area (Å²) >= 11 is 1.58. The molecule has 2 fully saturated rings. The van der Waals surface area contributed by atoms with E-state index in [1.807, 2.05) is 67.6 Å². The maximum atomic E-state index is 14.4. The highest BCUT2D eigenvalue weighted by molar-refractivity contribution is 8.02. The Bertz CT molecular complexity index is 1360. The zero-order chi connectivity index (χ0) is 25.9. The Labute approximate surface area is 220 Å². The molecule has 1 unspecified atom stereocenters. The summed E-state index contributed by atoms with van der Waals surface area (Å²) in [6.45, 7) is 3.10. The summed E-state index contributed by atoms with van der Waals surface area (Å²) in [4.78, 5) is 47.3. The highest BCUT2D eigenvalue weighted by atomic mass is 32.2. The van der Waals surface area contributed by atoms with Gasteiger partial charge in [-0.25, -0.2) is 0 Å². The highest BCUT2D eigenvalue weighted by Crippen LogP contribution is 2.65. The average Bonchev–Trinajstić information content (AvgIpc) is 3.16. The van der Waals surface area contributed by atoms with Crippen molar-refractivity contribution >= 4 is 45.9 Å². The van der Waals surface area contributed by atoms with Gasteiger partial charge in [-0.1, -0.05) is 54.6 Å². The Balaban J connectivity index is 1.47. The van der Waals surface area contributed by atoms with Crippen molar-refractivity contribution in [2.45, 2.75) is 28.9 Å². The van der Waals surface area contributed by atoms with Crippen LogP contribution in [0.5, 0.6) is 0 Å². The molecule has 6 rings (SSSR count).